The number of rotatable bonds is 8. The van der Waals surface area contributed by atoms with E-state index in [0.29, 0.717) is 10.9 Å². The van der Waals surface area contributed by atoms with Crippen LogP contribution in [0.15, 0.2) is 48.5 Å². The van der Waals surface area contributed by atoms with Crippen LogP contribution < -0.4 is 9.62 Å². The van der Waals surface area contributed by atoms with E-state index in [9.17, 15) is 13.2 Å². The van der Waals surface area contributed by atoms with Crippen LogP contribution in [0, 0.1) is 5.92 Å². The SMILES string of the molecule is CC(C)C[C@@H](NC(=O)CN(c1cc(Cl)ccc1Cl)S(C)(=O)=O)c1ccccc1. The lowest BCUT2D eigenvalue weighted by atomic mass is 9.97. The van der Waals surface area contributed by atoms with Crippen LogP contribution in [-0.4, -0.2) is 27.1 Å². The number of carbonyl (C=O) groups is 1. The zero-order valence-electron chi connectivity index (χ0n) is 16.0. The molecule has 28 heavy (non-hydrogen) atoms. The van der Waals surface area contributed by atoms with Gasteiger partial charge in [-0.15, -0.1) is 0 Å². The molecule has 1 amide bonds. The van der Waals surface area contributed by atoms with Crippen LogP contribution in [0.4, 0.5) is 5.69 Å². The number of benzene rings is 2. The second-order valence-corrected chi connectivity index (χ2v) is 9.78. The molecule has 2 rings (SSSR count). The number of sulfonamides is 1. The zero-order valence-corrected chi connectivity index (χ0v) is 18.4. The van der Waals surface area contributed by atoms with E-state index in [1.807, 2.05) is 30.3 Å². The molecule has 0 spiro atoms. The Bertz CT molecular complexity index is 918. The number of halogens is 2. The number of hydrogen-bond donors (Lipinski definition) is 1. The van der Waals surface area contributed by atoms with Crippen LogP contribution in [0.3, 0.4) is 0 Å². The van der Waals surface area contributed by atoms with Crippen LogP contribution in [-0.2, 0) is 14.8 Å². The first-order chi connectivity index (χ1) is 13.1. The average Bonchev–Trinajstić information content (AvgIpc) is 2.61. The zero-order chi connectivity index (χ0) is 20.9. The van der Waals surface area contributed by atoms with Gasteiger partial charge in [0.05, 0.1) is 23.0 Å². The van der Waals surface area contributed by atoms with Gasteiger partial charge in [0.15, 0.2) is 0 Å². The average molecular weight is 443 g/mol. The monoisotopic (exact) mass is 442 g/mol. The fourth-order valence-electron chi connectivity index (χ4n) is 2.86. The van der Waals surface area contributed by atoms with E-state index < -0.39 is 15.9 Å². The quantitative estimate of drug-likeness (QED) is 0.645. The normalized spacial score (nSPS) is 12.6. The minimum atomic E-state index is -3.75. The molecule has 0 heterocycles. The van der Waals surface area contributed by atoms with Gasteiger partial charge in [-0.25, -0.2) is 8.42 Å². The summed E-state index contributed by atoms with van der Waals surface area (Å²) in [6.45, 7) is 3.74. The van der Waals surface area contributed by atoms with Gasteiger partial charge in [0.1, 0.15) is 6.54 Å². The van der Waals surface area contributed by atoms with Crippen molar-refractivity contribution in [1.29, 1.82) is 0 Å². The Balaban J connectivity index is 2.26. The van der Waals surface area contributed by atoms with Gasteiger partial charge in [0.25, 0.3) is 0 Å². The molecule has 0 unspecified atom stereocenters. The second kappa shape index (κ2) is 9.63. The fraction of sp³-hybridized carbons (Fsp3) is 0.350. The van der Waals surface area contributed by atoms with E-state index in [2.05, 4.69) is 19.2 Å². The van der Waals surface area contributed by atoms with Crippen molar-refractivity contribution in [2.24, 2.45) is 5.92 Å². The van der Waals surface area contributed by atoms with Crippen molar-refractivity contribution >= 4 is 44.8 Å². The van der Waals surface area contributed by atoms with Crippen LogP contribution in [0.2, 0.25) is 10.0 Å². The Hall–Kier alpha value is -1.76. The molecule has 0 aromatic heterocycles. The number of anilines is 1. The molecule has 1 atom stereocenters. The van der Waals surface area contributed by atoms with Crippen LogP contribution in [0.1, 0.15) is 31.9 Å². The molecule has 1 N–H and O–H groups in total. The molecular weight excluding hydrogens is 419 g/mol. The van der Waals surface area contributed by atoms with Crippen molar-refractivity contribution in [3.05, 3.63) is 64.1 Å². The lowest BCUT2D eigenvalue weighted by Crippen LogP contribution is -2.42. The predicted octanol–water partition coefficient (Wildman–Crippen LogP) is 4.66. The number of amides is 1. The Morgan fingerprint density at radius 1 is 1.11 bits per heavy atom. The summed E-state index contributed by atoms with van der Waals surface area (Å²) in [4.78, 5) is 12.7. The van der Waals surface area contributed by atoms with Gasteiger partial charge in [0.2, 0.25) is 15.9 Å². The van der Waals surface area contributed by atoms with E-state index in [1.54, 1.807) is 6.07 Å². The molecule has 0 aliphatic heterocycles. The number of nitrogens with one attached hydrogen (secondary N) is 1. The lowest BCUT2D eigenvalue weighted by Gasteiger charge is -2.26. The Labute approximate surface area is 176 Å². The minimum absolute atomic E-state index is 0.173. The molecule has 0 saturated carbocycles. The van der Waals surface area contributed by atoms with Crippen molar-refractivity contribution in [1.82, 2.24) is 5.32 Å². The highest BCUT2D eigenvalue weighted by atomic mass is 35.5. The van der Waals surface area contributed by atoms with Gasteiger partial charge in [0, 0.05) is 5.02 Å². The number of carbonyl (C=O) groups excluding carboxylic acids is 1. The first kappa shape index (κ1) is 22.5. The summed E-state index contributed by atoms with van der Waals surface area (Å²) in [5.74, 6) is -0.0742. The lowest BCUT2D eigenvalue weighted by molar-refractivity contribution is -0.120. The third-order valence-electron chi connectivity index (χ3n) is 4.11. The van der Waals surface area contributed by atoms with Crippen molar-refractivity contribution < 1.29 is 13.2 Å². The van der Waals surface area contributed by atoms with Crippen LogP contribution in [0.25, 0.3) is 0 Å². The van der Waals surface area contributed by atoms with Gasteiger partial charge < -0.3 is 5.32 Å². The van der Waals surface area contributed by atoms with E-state index in [0.717, 1.165) is 22.5 Å². The Morgan fingerprint density at radius 2 is 1.75 bits per heavy atom. The summed E-state index contributed by atoms with van der Waals surface area (Å²) in [6, 6.07) is 13.9. The van der Waals surface area contributed by atoms with E-state index >= 15 is 0 Å². The molecule has 8 heteroatoms. The highest BCUT2D eigenvalue weighted by Crippen LogP contribution is 2.30. The van der Waals surface area contributed by atoms with Gasteiger partial charge in [-0.2, -0.15) is 0 Å². The maximum absolute atomic E-state index is 12.7. The molecule has 2 aromatic carbocycles. The smallest absolute Gasteiger partial charge is 0.241 e. The van der Waals surface area contributed by atoms with Gasteiger partial charge in [-0.05, 0) is 36.1 Å². The van der Waals surface area contributed by atoms with E-state index in [4.69, 9.17) is 23.2 Å². The first-order valence-electron chi connectivity index (χ1n) is 8.85. The number of hydrogen-bond acceptors (Lipinski definition) is 3. The van der Waals surface area contributed by atoms with Crippen LogP contribution >= 0.6 is 23.2 Å². The third kappa shape index (κ3) is 6.40. The summed E-state index contributed by atoms with van der Waals surface area (Å²) < 4.78 is 25.6. The molecule has 0 aliphatic rings. The molecule has 0 aliphatic carbocycles. The van der Waals surface area contributed by atoms with Crippen molar-refractivity contribution in [3.63, 3.8) is 0 Å². The Morgan fingerprint density at radius 3 is 2.32 bits per heavy atom. The molecule has 5 nitrogen and oxygen atoms in total. The summed E-state index contributed by atoms with van der Waals surface area (Å²) in [6.07, 6.45) is 1.76. The molecule has 0 saturated heterocycles. The van der Waals surface area contributed by atoms with Crippen molar-refractivity contribution in [3.8, 4) is 0 Å². The van der Waals surface area contributed by atoms with E-state index in [-0.39, 0.29) is 23.3 Å². The maximum atomic E-state index is 12.7. The minimum Gasteiger partial charge on any atom is -0.348 e. The molecule has 152 valence electrons. The van der Waals surface area contributed by atoms with Crippen molar-refractivity contribution in [2.45, 2.75) is 26.3 Å². The highest BCUT2D eigenvalue weighted by molar-refractivity contribution is 7.92. The first-order valence-corrected chi connectivity index (χ1v) is 11.5. The summed E-state index contributed by atoms with van der Waals surface area (Å²) in [7, 11) is -3.75. The summed E-state index contributed by atoms with van der Waals surface area (Å²) >= 11 is 12.1. The Kier molecular flexibility index (Phi) is 7.75. The van der Waals surface area contributed by atoms with Crippen LogP contribution in [0.5, 0.6) is 0 Å². The highest BCUT2D eigenvalue weighted by Gasteiger charge is 2.25. The van der Waals surface area contributed by atoms with Crippen molar-refractivity contribution in [2.75, 3.05) is 17.1 Å². The number of nitrogens with zero attached hydrogens (tertiary/aromatic N) is 1. The summed E-state index contributed by atoms with van der Waals surface area (Å²) in [5.41, 5.74) is 1.14. The molecular formula is C20H24Cl2N2O3S. The second-order valence-electron chi connectivity index (χ2n) is 7.03. The van der Waals surface area contributed by atoms with Gasteiger partial charge in [-0.3, -0.25) is 9.10 Å². The van der Waals surface area contributed by atoms with E-state index in [1.165, 1.54) is 12.1 Å². The molecule has 2 aromatic rings. The maximum Gasteiger partial charge on any atom is 0.241 e. The molecule has 0 radical (unpaired) electrons. The predicted molar refractivity (Wildman–Crippen MR) is 115 cm³/mol. The summed E-state index contributed by atoms with van der Waals surface area (Å²) in [5, 5.41) is 3.48. The topological polar surface area (TPSA) is 66.5 Å². The van der Waals surface area contributed by atoms with Gasteiger partial charge in [-0.1, -0.05) is 67.4 Å². The van der Waals surface area contributed by atoms with Gasteiger partial charge >= 0.3 is 0 Å². The fourth-order valence-corrected chi connectivity index (χ4v) is 4.16. The third-order valence-corrected chi connectivity index (χ3v) is 5.79. The molecule has 0 fully saturated rings. The molecule has 0 bridgehead atoms. The largest absolute Gasteiger partial charge is 0.348 e. The standard InChI is InChI=1S/C20H24Cl2N2O3S/c1-14(2)11-18(15-7-5-4-6-8-15)23-20(25)13-24(28(3,26)27)19-12-16(21)9-10-17(19)22/h4-10,12,14,18H,11,13H2,1-3H3,(H,23,25)/t18-/m1/s1.